The molecule has 4 heteroatoms. The molecule has 2 heterocycles. The van der Waals surface area contributed by atoms with E-state index >= 15 is 0 Å². The van der Waals surface area contributed by atoms with Gasteiger partial charge in [-0.3, -0.25) is 0 Å². The molecule has 2 aromatic rings. The summed E-state index contributed by atoms with van der Waals surface area (Å²) in [5.41, 5.74) is 0. The van der Waals surface area contributed by atoms with E-state index in [4.69, 9.17) is 4.52 Å². The molecule has 0 unspecified atom stereocenters. The van der Waals surface area contributed by atoms with Gasteiger partial charge in [-0.25, -0.2) is 4.98 Å². The summed E-state index contributed by atoms with van der Waals surface area (Å²) >= 11 is 1.63. The van der Waals surface area contributed by atoms with Crippen LogP contribution in [0.3, 0.4) is 0 Å². The fourth-order valence-electron chi connectivity index (χ4n) is 0.894. The number of hydrogen-bond acceptors (Lipinski definition) is 4. The Kier molecular flexibility index (Phi) is 2.62. The highest BCUT2D eigenvalue weighted by atomic mass is 32.2. The van der Waals surface area contributed by atoms with Gasteiger partial charge < -0.3 is 4.52 Å². The molecule has 0 amide bonds. The Morgan fingerprint density at radius 3 is 2.92 bits per heavy atom. The summed E-state index contributed by atoms with van der Waals surface area (Å²) in [5, 5.41) is 4.62. The first-order valence-corrected chi connectivity index (χ1v) is 4.87. The maximum absolute atomic E-state index is 4.96. The smallest absolute Gasteiger partial charge is 0.146 e. The van der Waals surface area contributed by atoms with Crippen LogP contribution in [0.5, 0.6) is 0 Å². The average molecular weight is 192 g/mol. The zero-order chi connectivity index (χ0) is 8.93. The SMILES string of the molecule is c1ccc(SCc2ccno2)nc1. The Morgan fingerprint density at radius 2 is 2.23 bits per heavy atom. The third-order valence-corrected chi connectivity index (χ3v) is 2.46. The highest BCUT2D eigenvalue weighted by Gasteiger charge is 1.98. The van der Waals surface area contributed by atoms with Gasteiger partial charge in [-0.1, -0.05) is 23.0 Å². The average Bonchev–Trinajstić information content (AvgIpc) is 2.69. The molecule has 0 radical (unpaired) electrons. The highest BCUT2D eigenvalue weighted by molar-refractivity contribution is 7.98. The summed E-state index contributed by atoms with van der Waals surface area (Å²) in [6, 6.07) is 7.70. The van der Waals surface area contributed by atoms with E-state index in [0.29, 0.717) is 0 Å². The van der Waals surface area contributed by atoms with Crippen molar-refractivity contribution in [3.05, 3.63) is 42.4 Å². The molecular formula is C9H8N2OS. The molecule has 0 bridgehead atoms. The minimum absolute atomic E-state index is 0.775. The molecule has 0 fully saturated rings. The maximum Gasteiger partial charge on any atom is 0.146 e. The van der Waals surface area contributed by atoms with Gasteiger partial charge in [0.05, 0.1) is 17.0 Å². The Morgan fingerprint density at radius 1 is 1.23 bits per heavy atom. The number of rotatable bonds is 3. The molecule has 2 rings (SSSR count). The molecule has 0 spiro atoms. The van der Waals surface area contributed by atoms with E-state index in [0.717, 1.165) is 16.5 Å². The van der Waals surface area contributed by atoms with Gasteiger partial charge in [0, 0.05) is 12.3 Å². The van der Waals surface area contributed by atoms with Crippen molar-refractivity contribution in [3.8, 4) is 0 Å². The first-order chi connectivity index (χ1) is 6.45. The van der Waals surface area contributed by atoms with Crippen LogP contribution in [0.25, 0.3) is 0 Å². The van der Waals surface area contributed by atoms with Crippen LogP contribution in [0.2, 0.25) is 0 Å². The van der Waals surface area contributed by atoms with Crippen LogP contribution >= 0.6 is 11.8 Å². The van der Waals surface area contributed by atoms with Gasteiger partial charge >= 0.3 is 0 Å². The predicted octanol–water partition coefficient (Wildman–Crippen LogP) is 2.36. The molecule has 66 valence electrons. The van der Waals surface area contributed by atoms with Crippen LogP contribution in [0.15, 0.2) is 46.2 Å². The van der Waals surface area contributed by atoms with Crippen LogP contribution in [0.4, 0.5) is 0 Å². The van der Waals surface area contributed by atoms with E-state index in [2.05, 4.69) is 10.1 Å². The van der Waals surface area contributed by atoms with E-state index < -0.39 is 0 Å². The molecule has 0 aliphatic rings. The lowest BCUT2D eigenvalue weighted by Crippen LogP contribution is -1.79. The van der Waals surface area contributed by atoms with Gasteiger partial charge in [-0.2, -0.15) is 0 Å². The summed E-state index contributed by atoms with van der Waals surface area (Å²) in [6.45, 7) is 0. The quantitative estimate of drug-likeness (QED) is 0.700. The first kappa shape index (κ1) is 8.31. The Hall–Kier alpha value is -1.29. The molecule has 0 aliphatic heterocycles. The monoisotopic (exact) mass is 192 g/mol. The number of nitrogens with zero attached hydrogens (tertiary/aromatic N) is 2. The molecule has 0 aromatic carbocycles. The molecular weight excluding hydrogens is 184 g/mol. The second-order valence-corrected chi connectivity index (χ2v) is 3.43. The molecule has 13 heavy (non-hydrogen) atoms. The third kappa shape index (κ3) is 2.32. The summed E-state index contributed by atoms with van der Waals surface area (Å²) < 4.78 is 4.96. The molecule has 0 aliphatic carbocycles. The second kappa shape index (κ2) is 4.09. The molecule has 0 saturated heterocycles. The van der Waals surface area contributed by atoms with Crippen LogP contribution in [0.1, 0.15) is 5.76 Å². The molecule has 0 atom stereocenters. The molecule has 0 N–H and O–H groups in total. The van der Waals surface area contributed by atoms with E-state index in [9.17, 15) is 0 Å². The van der Waals surface area contributed by atoms with Crippen LogP contribution in [0, 0.1) is 0 Å². The van der Waals surface area contributed by atoms with E-state index in [1.165, 1.54) is 0 Å². The van der Waals surface area contributed by atoms with Crippen LogP contribution in [-0.4, -0.2) is 10.1 Å². The molecule has 3 nitrogen and oxygen atoms in total. The Balaban J connectivity index is 1.94. The maximum atomic E-state index is 4.96. The van der Waals surface area contributed by atoms with Crippen LogP contribution in [-0.2, 0) is 5.75 Å². The van der Waals surface area contributed by atoms with Crippen molar-refractivity contribution in [2.75, 3.05) is 0 Å². The Labute approximate surface area is 80.2 Å². The van der Waals surface area contributed by atoms with Crippen molar-refractivity contribution in [1.29, 1.82) is 0 Å². The van der Waals surface area contributed by atoms with Crippen molar-refractivity contribution in [2.45, 2.75) is 10.8 Å². The number of thioether (sulfide) groups is 1. The fraction of sp³-hybridized carbons (Fsp3) is 0.111. The van der Waals surface area contributed by atoms with Gasteiger partial charge in [0.15, 0.2) is 0 Å². The third-order valence-electron chi connectivity index (χ3n) is 1.49. The fourth-order valence-corrected chi connectivity index (χ4v) is 1.64. The van der Waals surface area contributed by atoms with Gasteiger partial charge in [0.1, 0.15) is 5.76 Å². The lowest BCUT2D eigenvalue weighted by atomic mass is 10.5. The van der Waals surface area contributed by atoms with Crippen molar-refractivity contribution in [3.63, 3.8) is 0 Å². The van der Waals surface area contributed by atoms with Crippen LogP contribution < -0.4 is 0 Å². The predicted molar refractivity (Wildman–Crippen MR) is 50.3 cm³/mol. The van der Waals surface area contributed by atoms with Crippen molar-refractivity contribution < 1.29 is 4.52 Å². The number of pyridine rings is 1. The van der Waals surface area contributed by atoms with Gasteiger partial charge in [-0.15, -0.1) is 0 Å². The summed E-state index contributed by atoms with van der Waals surface area (Å²) in [5.74, 6) is 1.65. The molecule has 2 aromatic heterocycles. The van der Waals surface area contributed by atoms with Gasteiger partial charge in [-0.05, 0) is 12.1 Å². The molecule has 0 saturated carbocycles. The van der Waals surface area contributed by atoms with Gasteiger partial charge in [0.2, 0.25) is 0 Å². The topological polar surface area (TPSA) is 38.9 Å². The largest absolute Gasteiger partial charge is 0.361 e. The minimum Gasteiger partial charge on any atom is -0.361 e. The first-order valence-electron chi connectivity index (χ1n) is 3.88. The van der Waals surface area contributed by atoms with E-state index in [-0.39, 0.29) is 0 Å². The van der Waals surface area contributed by atoms with E-state index in [1.807, 2.05) is 24.3 Å². The van der Waals surface area contributed by atoms with Crippen molar-refractivity contribution in [1.82, 2.24) is 10.1 Å². The number of aromatic nitrogens is 2. The number of hydrogen-bond donors (Lipinski definition) is 0. The lowest BCUT2D eigenvalue weighted by Gasteiger charge is -1.95. The summed E-state index contributed by atoms with van der Waals surface area (Å²) in [7, 11) is 0. The normalized spacial score (nSPS) is 10.2. The lowest BCUT2D eigenvalue weighted by molar-refractivity contribution is 0.395. The highest BCUT2D eigenvalue weighted by Crippen LogP contribution is 2.19. The zero-order valence-electron chi connectivity index (χ0n) is 6.88. The summed E-state index contributed by atoms with van der Waals surface area (Å²) in [6.07, 6.45) is 3.43. The standard InChI is InChI=1S/C9H8N2OS/c1-2-5-10-9(3-1)13-7-8-4-6-11-12-8/h1-6H,7H2. The van der Waals surface area contributed by atoms with E-state index in [1.54, 1.807) is 24.2 Å². The van der Waals surface area contributed by atoms with Crippen molar-refractivity contribution >= 4 is 11.8 Å². The second-order valence-electron chi connectivity index (χ2n) is 2.44. The minimum atomic E-state index is 0.775. The van der Waals surface area contributed by atoms with Crippen molar-refractivity contribution in [2.24, 2.45) is 0 Å². The zero-order valence-corrected chi connectivity index (χ0v) is 7.70. The Bertz CT molecular complexity index is 347. The summed E-state index contributed by atoms with van der Waals surface area (Å²) in [4.78, 5) is 4.18. The van der Waals surface area contributed by atoms with Gasteiger partial charge in [0.25, 0.3) is 0 Å².